The zero-order valence-corrected chi connectivity index (χ0v) is 16.1. The third-order valence-corrected chi connectivity index (χ3v) is 4.06. The lowest BCUT2D eigenvalue weighted by Gasteiger charge is -2.13. The first kappa shape index (κ1) is 20.0. The topological polar surface area (TPSA) is 42.5 Å². The molecule has 26 heavy (non-hydrogen) atoms. The highest BCUT2D eigenvalue weighted by molar-refractivity contribution is 5.56. The molecule has 0 saturated heterocycles. The van der Waals surface area contributed by atoms with Gasteiger partial charge in [-0.3, -0.25) is 0 Å². The molecule has 0 heterocycles. The highest BCUT2D eigenvalue weighted by atomic mass is 16.5. The summed E-state index contributed by atoms with van der Waals surface area (Å²) in [5, 5.41) is 6.85. The fourth-order valence-electron chi connectivity index (χ4n) is 2.71. The SMILES string of the molecule is CCCCCCOc1cccc(NCCNc2ccccc2OCC)c1. The van der Waals surface area contributed by atoms with Crippen LogP contribution in [-0.2, 0) is 0 Å². The molecule has 0 radical (unpaired) electrons. The van der Waals surface area contributed by atoms with Crippen molar-refractivity contribution in [1.29, 1.82) is 0 Å². The third kappa shape index (κ3) is 7.26. The van der Waals surface area contributed by atoms with E-state index in [-0.39, 0.29) is 0 Å². The second-order valence-electron chi connectivity index (χ2n) is 6.22. The predicted molar refractivity (Wildman–Crippen MR) is 111 cm³/mol. The van der Waals surface area contributed by atoms with Crippen LogP contribution in [0, 0.1) is 0 Å². The molecule has 0 aliphatic rings. The first-order chi connectivity index (χ1) is 12.8. The molecule has 0 aromatic heterocycles. The number of nitrogens with one attached hydrogen (secondary N) is 2. The molecule has 0 unspecified atom stereocenters. The lowest BCUT2D eigenvalue weighted by Crippen LogP contribution is -2.14. The molecular formula is C22H32N2O2. The Kier molecular flexibility index (Phi) is 9.26. The van der Waals surface area contributed by atoms with Gasteiger partial charge in [0.2, 0.25) is 0 Å². The molecule has 0 aliphatic carbocycles. The Labute approximate surface area is 157 Å². The Morgan fingerprint density at radius 3 is 2.50 bits per heavy atom. The first-order valence-corrected chi connectivity index (χ1v) is 9.76. The molecule has 2 aromatic rings. The zero-order chi connectivity index (χ0) is 18.5. The molecule has 2 N–H and O–H groups in total. The van der Waals surface area contributed by atoms with Crippen molar-refractivity contribution in [2.45, 2.75) is 39.5 Å². The molecule has 4 heteroatoms. The van der Waals surface area contributed by atoms with E-state index in [9.17, 15) is 0 Å². The van der Waals surface area contributed by atoms with Crippen molar-refractivity contribution in [3.63, 3.8) is 0 Å². The summed E-state index contributed by atoms with van der Waals surface area (Å²) >= 11 is 0. The number of rotatable bonds is 13. The van der Waals surface area contributed by atoms with Crippen LogP contribution in [0.1, 0.15) is 39.5 Å². The number of hydrogen-bond donors (Lipinski definition) is 2. The fourth-order valence-corrected chi connectivity index (χ4v) is 2.71. The number of para-hydroxylation sites is 2. The minimum absolute atomic E-state index is 0.669. The fraction of sp³-hybridized carbons (Fsp3) is 0.455. The summed E-state index contributed by atoms with van der Waals surface area (Å²) in [6.07, 6.45) is 4.89. The van der Waals surface area contributed by atoms with E-state index in [0.717, 1.165) is 49.0 Å². The molecule has 0 bridgehead atoms. The van der Waals surface area contributed by atoms with Gasteiger partial charge in [-0.15, -0.1) is 0 Å². The largest absolute Gasteiger partial charge is 0.494 e. The number of hydrogen-bond acceptors (Lipinski definition) is 4. The normalized spacial score (nSPS) is 10.4. The average molecular weight is 357 g/mol. The molecule has 0 atom stereocenters. The van der Waals surface area contributed by atoms with Gasteiger partial charge in [0.15, 0.2) is 0 Å². The Morgan fingerprint density at radius 1 is 0.808 bits per heavy atom. The summed E-state index contributed by atoms with van der Waals surface area (Å²) in [5.41, 5.74) is 2.11. The highest BCUT2D eigenvalue weighted by Gasteiger charge is 2.01. The molecule has 0 aliphatic heterocycles. The van der Waals surface area contributed by atoms with Crippen LogP contribution < -0.4 is 20.1 Å². The molecule has 0 amide bonds. The third-order valence-electron chi connectivity index (χ3n) is 4.06. The van der Waals surface area contributed by atoms with E-state index in [1.54, 1.807) is 0 Å². The van der Waals surface area contributed by atoms with Crippen molar-refractivity contribution in [2.75, 3.05) is 36.9 Å². The Bertz CT molecular complexity index is 631. The minimum atomic E-state index is 0.669. The van der Waals surface area contributed by atoms with Crippen molar-refractivity contribution < 1.29 is 9.47 Å². The van der Waals surface area contributed by atoms with Crippen LogP contribution >= 0.6 is 0 Å². The van der Waals surface area contributed by atoms with Crippen molar-refractivity contribution in [3.8, 4) is 11.5 Å². The zero-order valence-electron chi connectivity index (χ0n) is 16.1. The van der Waals surface area contributed by atoms with Crippen molar-refractivity contribution in [1.82, 2.24) is 0 Å². The van der Waals surface area contributed by atoms with E-state index in [4.69, 9.17) is 9.47 Å². The molecule has 142 valence electrons. The van der Waals surface area contributed by atoms with Gasteiger partial charge in [0.1, 0.15) is 11.5 Å². The molecular weight excluding hydrogens is 324 g/mol. The van der Waals surface area contributed by atoms with Gasteiger partial charge in [-0.05, 0) is 37.6 Å². The van der Waals surface area contributed by atoms with Crippen LogP contribution in [0.15, 0.2) is 48.5 Å². The number of unbranched alkanes of at least 4 members (excludes halogenated alkanes) is 3. The minimum Gasteiger partial charge on any atom is -0.494 e. The highest BCUT2D eigenvalue weighted by Crippen LogP contribution is 2.23. The lowest BCUT2D eigenvalue weighted by molar-refractivity contribution is 0.305. The van der Waals surface area contributed by atoms with E-state index < -0.39 is 0 Å². The number of benzene rings is 2. The van der Waals surface area contributed by atoms with Gasteiger partial charge in [-0.2, -0.15) is 0 Å². The van der Waals surface area contributed by atoms with Gasteiger partial charge >= 0.3 is 0 Å². The second-order valence-corrected chi connectivity index (χ2v) is 6.22. The molecule has 2 rings (SSSR count). The molecule has 0 fully saturated rings. The molecule has 0 spiro atoms. The standard InChI is InChI=1S/C22H32N2O2/c1-3-5-6-9-17-26-20-12-10-11-19(18-20)23-15-16-24-21-13-7-8-14-22(21)25-4-2/h7-8,10-14,18,23-24H,3-6,9,15-17H2,1-2H3. The van der Waals surface area contributed by atoms with E-state index in [1.807, 2.05) is 43.3 Å². The monoisotopic (exact) mass is 356 g/mol. The van der Waals surface area contributed by atoms with Crippen molar-refractivity contribution >= 4 is 11.4 Å². The van der Waals surface area contributed by atoms with Crippen LogP contribution in [0.3, 0.4) is 0 Å². The Balaban J connectivity index is 1.72. The number of anilines is 2. The summed E-state index contributed by atoms with van der Waals surface area (Å²) in [6, 6.07) is 16.2. The Morgan fingerprint density at radius 2 is 1.65 bits per heavy atom. The maximum Gasteiger partial charge on any atom is 0.142 e. The molecule has 2 aromatic carbocycles. The molecule has 0 saturated carbocycles. The molecule has 4 nitrogen and oxygen atoms in total. The second kappa shape index (κ2) is 12.1. The van der Waals surface area contributed by atoms with Gasteiger partial charge < -0.3 is 20.1 Å². The van der Waals surface area contributed by atoms with Gasteiger partial charge in [-0.25, -0.2) is 0 Å². The van der Waals surface area contributed by atoms with Crippen LogP contribution in [0.4, 0.5) is 11.4 Å². The van der Waals surface area contributed by atoms with Crippen LogP contribution in [0.25, 0.3) is 0 Å². The number of ether oxygens (including phenoxy) is 2. The summed E-state index contributed by atoms with van der Waals surface area (Å²) in [5.74, 6) is 1.83. The summed E-state index contributed by atoms with van der Waals surface area (Å²) in [4.78, 5) is 0. The van der Waals surface area contributed by atoms with Gasteiger partial charge in [0, 0.05) is 24.8 Å². The summed E-state index contributed by atoms with van der Waals surface area (Å²) in [7, 11) is 0. The average Bonchev–Trinajstić information content (AvgIpc) is 2.67. The van der Waals surface area contributed by atoms with E-state index in [2.05, 4.69) is 29.7 Å². The maximum absolute atomic E-state index is 5.84. The van der Waals surface area contributed by atoms with Crippen molar-refractivity contribution in [3.05, 3.63) is 48.5 Å². The van der Waals surface area contributed by atoms with E-state index in [0.29, 0.717) is 6.61 Å². The smallest absolute Gasteiger partial charge is 0.142 e. The van der Waals surface area contributed by atoms with Crippen LogP contribution in [0.2, 0.25) is 0 Å². The lowest BCUT2D eigenvalue weighted by atomic mass is 10.2. The van der Waals surface area contributed by atoms with Gasteiger partial charge in [0.25, 0.3) is 0 Å². The summed E-state index contributed by atoms with van der Waals surface area (Å²) < 4.78 is 11.5. The van der Waals surface area contributed by atoms with Gasteiger partial charge in [0.05, 0.1) is 18.9 Å². The maximum atomic E-state index is 5.84. The van der Waals surface area contributed by atoms with Crippen LogP contribution in [0.5, 0.6) is 11.5 Å². The quantitative estimate of drug-likeness (QED) is 0.461. The van der Waals surface area contributed by atoms with Gasteiger partial charge in [-0.1, -0.05) is 44.4 Å². The predicted octanol–water partition coefficient (Wildman–Crippen LogP) is 5.57. The van der Waals surface area contributed by atoms with Crippen LogP contribution in [-0.4, -0.2) is 26.3 Å². The van der Waals surface area contributed by atoms with E-state index in [1.165, 1.54) is 19.3 Å². The van der Waals surface area contributed by atoms with Crippen molar-refractivity contribution in [2.24, 2.45) is 0 Å². The van der Waals surface area contributed by atoms with E-state index >= 15 is 0 Å². The first-order valence-electron chi connectivity index (χ1n) is 9.76. The summed E-state index contributed by atoms with van der Waals surface area (Å²) in [6.45, 7) is 7.31. The Hall–Kier alpha value is -2.36.